The third kappa shape index (κ3) is 2.79. The first kappa shape index (κ1) is 14.5. The summed E-state index contributed by atoms with van der Waals surface area (Å²) in [6.07, 6.45) is 3.23. The Balaban J connectivity index is 1.97. The molecule has 4 N–H and O–H groups in total. The number of imidazole rings is 1. The van der Waals surface area contributed by atoms with E-state index >= 15 is 0 Å². The summed E-state index contributed by atoms with van der Waals surface area (Å²) >= 11 is 5.97. The van der Waals surface area contributed by atoms with Gasteiger partial charge in [0.25, 0.3) is 5.91 Å². The van der Waals surface area contributed by atoms with Crippen molar-refractivity contribution in [1.82, 2.24) is 14.5 Å². The molecule has 0 atom stereocenters. The third-order valence-corrected chi connectivity index (χ3v) is 3.57. The minimum Gasteiger partial charge on any atom is -0.364 e. The first-order valence-corrected chi connectivity index (χ1v) is 7.04. The van der Waals surface area contributed by atoms with Gasteiger partial charge >= 0.3 is 0 Å². The van der Waals surface area contributed by atoms with Crippen molar-refractivity contribution in [3.63, 3.8) is 0 Å². The van der Waals surface area contributed by atoms with Crippen molar-refractivity contribution in [2.24, 2.45) is 11.5 Å². The van der Waals surface area contributed by atoms with E-state index in [0.29, 0.717) is 17.4 Å². The van der Waals surface area contributed by atoms with Gasteiger partial charge in [0, 0.05) is 24.3 Å². The second-order valence-electron chi connectivity index (χ2n) is 4.92. The maximum absolute atomic E-state index is 11.2. The summed E-state index contributed by atoms with van der Waals surface area (Å²) in [5.74, 6) is 0.0426. The van der Waals surface area contributed by atoms with Crippen LogP contribution in [-0.2, 0) is 13.1 Å². The minimum atomic E-state index is -0.567. The largest absolute Gasteiger partial charge is 0.364 e. The number of hydrogen-bond acceptors (Lipinski definition) is 4. The summed E-state index contributed by atoms with van der Waals surface area (Å²) in [7, 11) is 0. The standard InChI is InChI=1S/C15H14ClN5O/c16-11-4-10-3-9(1-2-12(10)19-6-11)7-21-8-13(15(18)22)20-14(21)5-17/h1-4,6,8H,5,7,17H2,(H2,18,22). The molecule has 2 aromatic heterocycles. The molecule has 0 unspecified atom stereocenters. The van der Waals surface area contributed by atoms with E-state index in [9.17, 15) is 4.79 Å². The summed E-state index contributed by atoms with van der Waals surface area (Å²) in [5.41, 5.74) is 13.0. The number of nitrogens with zero attached hydrogens (tertiary/aromatic N) is 3. The molecule has 2 heterocycles. The van der Waals surface area contributed by atoms with E-state index in [1.807, 2.05) is 28.8 Å². The number of halogens is 1. The molecule has 0 bridgehead atoms. The Morgan fingerprint density at radius 3 is 2.86 bits per heavy atom. The van der Waals surface area contributed by atoms with Crippen molar-refractivity contribution in [3.8, 4) is 0 Å². The molecule has 1 amide bonds. The Bertz CT molecular complexity index is 858. The molecular formula is C15H14ClN5O. The van der Waals surface area contributed by atoms with E-state index in [-0.39, 0.29) is 12.2 Å². The molecule has 0 saturated carbocycles. The van der Waals surface area contributed by atoms with Gasteiger partial charge in [-0.25, -0.2) is 4.98 Å². The van der Waals surface area contributed by atoms with Gasteiger partial charge in [-0.1, -0.05) is 17.7 Å². The van der Waals surface area contributed by atoms with E-state index in [1.54, 1.807) is 12.4 Å². The topological polar surface area (TPSA) is 99.8 Å². The monoisotopic (exact) mass is 315 g/mol. The maximum Gasteiger partial charge on any atom is 0.268 e. The van der Waals surface area contributed by atoms with Gasteiger partial charge in [0.1, 0.15) is 11.5 Å². The van der Waals surface area contributed by atoms with Crippen LogP contribution in [-0.4, -0.2) is 20.4 Å². The van der Waals surface area contributed by atoms with Crippen LogP contribution in [0.5, 0.6) is 0 Å². The second kappa shape index (κ2) is 5.75. The lowest BCUT2D eigenvalue weighted by Gasteiger charge is -2.07. The summed E-state index contributed by atoms with van der Waals surface area (Å²) in [5, 5.41) is 1.54. The van der Waals surface area contributed by atoms with Crippen molar-refractivity contribution < 1.29 is 4.79 Å². The Labute approximate surface area is 131 Å². The molecule has 0 saturated heterocycles. The average molecular weight is 316 g/mol. The van der Waals surface area contributed by atoms with Gasteiger partial charge < -0.3 is 16.0 Å². The van der Waals surface area contributed by atoms with E-state index in [2.05, 4.69) is 9.97 Å². The molecular weight excluding hydrogens is 302 g/mol. The molecule has 1 aromatic carbocycles. The van der Waals surface area contributed by atoms with Gasteiger partial charge in [0.2, 0.25) is 0 Å². The SMILES string of the molecule is NCc1nc(C(N)=O)cn1Cc1ccc2ncc(Cl)cc2c1. The van der Waals surface area contributed by atoms with Crippen LogP contribution in [0.2, 0.25) is 5.02 Å². The molecule has 6 nitrogen and oxygen atoms in total. The summed E-state index contributed by atoms with van der Waals surface area (Å²) in [6.45, 7) is 0.767. The highest BCUT2D eigenvalue weighted by molar-refractivity contribution is 6.31. The van der Waals surface area contributed by atoms with Crippen molar-refractivity contribution in [3.05, 3.63) is 58.8 Å². The number of rotatable bonds is 4. The van der Waals surface area contributed by atoms with Crippen molar-refractivity contribution in [2.75, 3.05) is 0 Å². The van der Waals surface area contributed by atoms with Gasteiger partial charge in [0.05, 0.1) is 17.1 Å². The molecule has 0 aliphatic rings. The van der Waals surface area contributed by atoms with Crippen LogP contribution in [0.3, 0.4) is 0 Å². The predicted octanol–water partition coefficient (Wildman–Crippen LogP) is 1.69. The first-order chi connectivity index (χ1) is 10.6. The zero-order valence-electron chi connectivity index (χ0n) is 11.7. The number of amides is 1. The number of carbonyl (C=O) groups excluding carboxylic acids is 1. The highest BCUT2D eigenvalue weighted by Crippen LogP contribution is 2.19. The van der Waals surface area contributed by atoms with Crippen LogP contribution in [0.1, 0.15) is 21.9 Å². The minimum absolute atomic E-state index is 0.214. The Morgan fingerprint density at radius 1 is 1.32 bits per heavy atom. The highest BCUT2D eigenvalue weighted by Gasteiger charge is 2.11. The quantitative estimate of drug-likeness (QED) is 0.765. The second-order valence-corrected chi connectivity index (χ2v) is 5.36. The van der Waals surface area contributed by atoms with Crippen LogP contribution in [0, 0.1) is 0 Å². The van der Waals surface area contributed by atoms with Crippen LogP contribution < -0.4 is 11.5 Å². The van der Waals surface area contributed by atoms with Crippen molar-refractivity contribution >= 4 is 28.4 Å². The Morgan fingerprint density at radius 2 is 2.14 bits per heavy atom. The van der Waals surface area contributed by atoms with Crippen molar-refractivity contribution in [1.29, 1.82) is 0 Å². The zero-order chi connectivity index (χ0) is 15.7. The normalized spacial score (nSPS) is 11.0. The van der Waals surface area contributed by atoms with E-state index in [4.69, 9.17) is 23.1 Å². The number of benzene rings is 1. The predicted molar refractivity (Wildman–Crippen MR) is 84.5 cm³/mol. The molecule has 0 spiro atoms. The number of aromatic nitrogens is 3. The lowest BCUT2D eigenvalue weighted by atomic mass is 10.1. The van der Waals surface area contributed by atoms with E-state index in [0.717, 1.165) is 16.5 Å². The van der Waals surface area contributed by atoms with E-state index in [1.165, 1.54) is 0 Å². The fourth-order valence-electron chi connectivity index (χ4n) is 2.32. The molecule has 0 radical (unpaired) electrons. The van der Waals surface area contributed by atoms with Gasteiger partial charge in [-0.2, -0.15) is 0 Å². The summed E-state index contributed by atoms with van der Waals surface area (Å²) < 4.78 is 1.82. The third-order valence-electron chi connectivity index (χ3n) is 3.36. The Hall–Kier alpha value is -2.44. The average Bonchev–Trinajstić information content (AvgIpc) is 2.90. The molecule has 3 aromatic rings. The molecule has 3 rings (SSSR count). The number of carbonyl (C=O) groups is 1. The number of primary amides is 1. The lowest BCUT2D eigenvalue weighted by molar-refractivity contribution is 0.0996. The number of fused-ring (bicyclic) bond motifs is 1. The molecule has 0 aliphatic heterocycles. The maximum atomic E-state index is 11.2. The van der Waals surface area contributed by atoms with Gasteiger partial charge in [-0.05, 0) is 23.8 Å². The smallest absolute Gasteiger partial charge is 0.268 e. The zero-order valence-corrected chi connectivity index (χ0v) is 12.4. The molecule has 7 heteroatoms. The number of hydrogen-bond donors (Lipinski definition) is 2. The van der Waals surface area contributed by atoms with Crippen LogP contribution >= 0.6 is 11.6 Å². The van der Waals surface area contributed by atoms with Crippen LogP contribution in [0.15, 0.2) is 36.7 Å². The number of pyridine rings is 1. The molecule has 112 valence electrons. The van der Waals surface area contributed by atoms with Crippen LogP contribution in [0.25, 0.3) is 10.9 Å². The molecule has 0 aliphatic carbocycles. The van der Waals surface area contributed by atoms with Crippen molar-refractivity contribution in [2.45, 2.75) is 13.1 Å². The molecule has 0 fully saturated rings. The Kier molecular flexibility index (Phi) is 3.79. The molecule has 22 heavy (non-hydrogen) atoms. The van der Waals surface area contributed by atoms with Crippen LogP contribution in [0.4, 0.5) is 0 Å². The van der Waals surface area contributed by atoms with E-state index < -0.39 is 5.91 Å². The summed E-state index contributed by atoms with van der Waals surface area (Å²) in [6, 6.07) is 7.75. The fraction of sp³-hybridized carbons (Fsp3) is 0.133. The first-order valence-electron chi connectivity index (χ1n) is 6.67. The number of nitrogens with two attached hydrogens (primary N) is 2. The summed E-state index contributed by atoms with van der Waals surface area (Å²) in [4.78, 5) is 19.6. The lowest BCUT2D eigenvalue weighted by Crippen LogP contribution is -2.11. The highest BCUT2D eigenvalue weighted by atomic mass is 35.5. The van der Waals surface area contributed by atoms with Gasteiger partial charge in [0.15, 0.2) is 0 Å². The van der Waals surface area contributed by atoms with Gasteiger partial charge in [-0.3, -0.25) is 9.78 Å². The fourth-order valence-corrected chi connectivity index (χ4v) is 2.49. The van der Waals surface area contributed by atoms with Gasteiger partial charge in [-0.15, -0.1) is 0 Å².